The van der Waals surface area contributed by atoms with Crippen molar-refractivity contribution in [2.24, 2.45) is 11.5 Å². The molecule has 2 aromatic carbocycles. The molecule has 24 heavy (non-hydrogen) atoms. The van der Waals surface area contributed by atoms with Gasteiger partial charge in [-0.2, -0.15) is 0 Å². The van der Waals surface area contributed by atoms with Crippen LogP contribution in [0.4, 0.5) is 16.2 Å². The van der Waals surface area contributed by atoms with Crippen molar-refractivity contribution in [2.75, 3.05) is 17.2 Å². The fourth-order valence-electron chi connectivity index (χ4n) is 1.92. The van der Waals surface area contributed by atoms with Gasteiger partial charge >= 0.3 is 6.03 Å². The Morgan fingerprint density at radius 3 is 2.33 bits per heavy atom. The zero-order chi connectivity index (χ0) is 17.5. The highest BCUT2D eigenvalue weighted by Gasteiger charge is 2.06. The van der Waals surface area contributed by atoms with E-state index in [1.165, 1.54) is 0 Å². The van der Waals surface area contributed by atoms with Crippen molar-refractivity contribution in [3.8, 4) is 5.75 Å². The molecule has 0 aliphatic heterocycles. The fourth-order valence-corrected chi connectivity index (χ4v) is 1.92. The molecule has 0 spiro atoms. The van der Waals surface area contributed by atoms with E-state index in [1.807, 2.05) is 0 Å². The smallest absolute Gasteiger partial charge is 0.316 e. The normalized spacial score (nSPS) is 9.83. The molecule has 3 amide bonds. The average molecular weight is 327 g/mol. The number of carbonyl (C=O) groups excluding carboxylic acids is 2. The molecule has 0 aliphatic carbocycles. The number of nitrogens with one attached hydrogen (secondary N) is 3. The van der Waals surface area contributed by atoms with Gasteiger partial charge in [0.15, 0.2) is 6.61 Å². The number of hydrogen-bond donors (Lipinski definition) is 5. The Balaban J connectivity index is 1.92. The molecule has 0 heterocycles. The highest BCUT2D eigenvalue weighted by atomic mass is 16.5. The van der Waals surface area contributed by atoms with Crippen molar-refractivity contribution in [3.05, 3.63) is 54.1 Å². The number of primary amides is 1. The van der Waals surface area contributed by atoms with Crippen LogP contribution in [0, 0.1) is 5.41 Å². The first-order chi connectivity index (χ1) is 11.4. The SMILES string of the molecule is N=C(N)c1cccc(NC(=O)COc2cccc(NC(N)=O)c2)c1. The number of urea groups is 1. The van der Waals surface area contributed by atoms with Gasteiger partial charge in [-0.1, -0.05) is 18.2 Å². The lowest BCUT2D eigenvalue weighted by Gasteiger charge is -2.09. The summed E-state index contributed by atoms with van der Waals surface area (Å²) in [6, 6.07) is 12.5. The van der Waals surface area contributed by atoms with Gasteiger partial charge < -0.3 is 26.8 Å². The minimum Gasteiger partial charge on any atom is -0.484 e. The molecule has 0 radical (unpaired) electrons. The van der Waals surface area contributed by atoms with Crippen LogP contribution in [0.5, 0.6) is 5.75 Å². The van der Waals surface area contributed by atoms with E-state index >= 15 is 0 Å². The first-order valence-electron chi connectivity index (χ1n) is 6.97. The third-order valence-electron chi connectivity index (χ3n) is 2.93. The van der Waals surface area contributed by atoms with Gasteiger partial charge in [0.1, 0.15) is 11.6 Å². The number of nitrogens with two attached hydrogens (primary N) is 2. The van der Waals surface area contributed by atoms with Crippen LogP contribution in [0.15, 0.2) is 48.5 Å². The standard InChI is InChI=1S/C16H17N5O3/c17-15(18)10-3-1-4-11(7-10)20-14(22)9-24-13-6-2-5-12(8-13)21-16(19)23/h1-8H,9H2,(H3,17,18)(H,20,22)(H3,19,21,23). The summed E-state index contributed by atoms with van der Waals surface area (Å²) in [5, 5.41) is 12.4. The predicted octanol–water partition coefficient (Wildman–Crippen LogP) is 1.48. The summed E-state index contributed by atoms with van der Waals surface area (Å²) in [4.78, 5) is 22.7. The Bertz CT molecular complexity index is 776. The summed E-state index contributed by atoms with van der Waals surface area (Å²) in [5.41, 5.74) is 11.9. The average Bonchev–Trinajstić information content (AvgIpc) is 2.53. The third-order valence-corrected chi connectivity index (χ3v) is 2.93. The van der Waals surface area contributed by atoms with Gasteiger partial charge in [0.25, 0.3) is 5.91 Å². The van der Waals surface area contributed by atoms with Crippen molar-refractivity contribution in [1.29, 1.82) is 5.41 Å². The van der Waals surface area contributed by atoms with Crippen LogP contribution in [-0.2, 0) is 4.79 Å². The summed E-state index contributed by atoms with van der Waals surface area (Å²) in [6.07, 6.45) is 0. The summed E-state index contributed by atoms with van der Waals surface area (Å²) in [6.45, 7) is -0.218. The molecule has 0 fully saturated rings. The molecule has 0 saturated carbocycles. The number of ether oxygens (including phenoxy) is 1. The molecule has 0 unspecified atom stereocenters. The van der Waals surface area contributed by atoms with E-state index in [2.05, 4.69) is 10.6 Å². The number of hydrogen-bond acceptors (Lipinski definition) is 4. The second kappa shape index (κ2) is 7.63. The molecule has 2 aromatic rings. The fraction of sp³-hybridized carbons (Fsp3) is 0.0625. The number of carbonyl (C=O) groups is 2. The first kappa shape index (κ1) is 16.8. The summed E-state index contributed by atoms with van der Waals surface area (Å²) in [5.74, 6) is -0.0426. The van der Waals surface area contributed by atoms with E-state index < -0.39 is 6.03 Å². The number of rotatable bonds is 6. The molecule has 0 aliphatic rings. The van der Waals surface area contributed by atoms with Gasteiger partial charge in [-0.3, -0.25) is 10.2 Å². The Morgan fingerprint density at radius 2 is 1.67 bits per heavy atom. The summed E-state index contributed by atoms with van der Waals surface area (Å²) >= 11 is 0. The van der Waals surface area contributed by atoms with E-state index in [1.54, 1.807) is 48.5 Å². The minimum absolute atomic E-state index is 0.0823. The molecule has 124 valence electrons. The van der Waals surface area contributed by atoms with Crippen molar-refractivity contribution >= 4 is 29.1 Å². The van der Waals surface area contributed by atoms with Gasteiger partial charge in [-0.05, 0) is 24.3 Å². The van der Waals surface area contributed by atoms with Gasteiger partial charge in [0.05, 0.1) is 0 Å². The van der Waals surface area contributed by atoms with Crippen LogP contribution in [0.1, 0.15) is 5.56 Å². The topological polar surface area (TPSA) is 143 Å². The van der Waals surface area contributed by atoms with E-state index in [4.69, 9.17) is 21.6 Å². The van der Waals surface area contributed by atoms with E-state index in [0.717, 1.165) is 0 Å². The summed E-state index contributed by atoms with van der Waals surface area (Å²) in [7, 11) is 0. The van der Waals surface area contributed by atoms with Crippen LogP contribution in [-0.4, -0.2) is 24.4 Å². The molecule has 8 nitrogen and oxygen atoms in total. The van der Waals surface area contributed by atoms with Gasteiger partial charge in [-0.25, -0.2) is 4.79 Å². The van der Waals surface area contributed by atoms with Crippen molar-refractivity contribution in [2.45, 2.75) is 0 Å². The van der Waals surface area contributed by atoms with E-state index in [0.29, 0.717) is 22.7 Å². The lowest BCUT2D eigenvalue weighted by molar-refractivity contribution is -0.118. The van der Waals surface area contributed by atoms with Crippen molar-refractivity contribution < 1.29 is 14.3 Å². The van der Waals surface area contributed by atoms with Gasteiger partial charge in [0.2, 0.25) is 0 Å². The zero-order valence-corrected chi connectivity index (χ0v) is 12.7. The van der Waals surface area contributed by atoms with Gasteiger partial charge in [0, 0.05) is 23.0 Å². The monoisotopic (exact) mass is 327 g/mol. The quantitative estimate of drug-likeness (QED) is 0.404. The Kier molecular flexibility index (Phi) is 5.35. The molecular weight excluding hydrogens is 310 g/mol. The van der Waals surface area contributed by atoms with Crippen LogP contribution in [0.25, 0.3) is 0 Å². The first-order valence-corrected chi connectivity index (χ1v) is 6.97. The molecule has 0 bridgehead atoms. The van der Waals surface area contributed by atoms with E-state index in [9.17, 15) is 9.59 Å². The summed E-state index contributed by atoms with van der Waals surface area (Å²) < 4.78 is 5.37. The minimum atomic E-state index is -0.685. The Hall–Kier alpha value is -3.55. The van der Waals surface area contributed by atoms with Gasteiger partial charge in [-0.15, -0.1) is 0 Å². The van der Waals surface area contributed by atoms with Crippen molar-refractivity contribution in [1.82, 2.24) is 0 Å². The lowest BCUT2D eigenvalue weighted by Crippen LogP contribution is -2.21. The maximum atomic E-state index is 11.9. The second-order valence-electron chi connectivity index (χ2n) is 4.85. The number of anilines is 2. The third kappa shape index (κ3) is 5.02. The molecule has 7 N–H and O–H groups in total. The Morgan fingerprint density at radius 1 is 1.00 bits per heavy atom. The predicted molar refractivity (Wildman–Crippen MR) is 91.2 cm³/mol. The highest BCUT2D eigenvalue weighted by molar-refractivity contribution is 5.98. The highest BCUT2D eigenvalue weighted by Crippen LogP contribution is 2.17. The zero-order valence-electron chi connectivity index (χ0n) is 12.7. The molecule has 0 aromatic heterocycles. The lowest BCUT2D eigenvalue weighted by atomic mass is 10.2. The second-order valence-corrected chi connectivity index (χ2v) is 4.85. The number of benzene rings is 2. The Labute approximate surface area is 138 Å². The molecule has 0 atom stereocenters. The van der Waals surface area contributed by atoms with Crippen LogP contribution in [0.3, 0.4) is 0 Å². The van der Waals surface area contributed by atoms with Crippen LogP contribution in [0.2, 0.25) is 0 Å². The van der Waals surface area contributed by atoms with Crippen LogP contribution < -0.4 is 26.8 Å². The number of amides is 3. The maximum Gasteiger partial charge on any atom is 0.316 e. The molecule has 2 rings (SSSR count). The number of amidine groups is 1. The molecule has 8 heteroatoms. The maximum absolute atomic E-state index is 11.9. The molecule has 0 saturated heterocycles. The van der Waals surface area contributed by atoms with E-state index in [-0.39, 0.29) is 18.3 Å². The van der Waals surface area contributed by atoms with Crippen molar-refractivity contribution in [3.63, 3.8) is 0 Å². The van der Waals surface area contributed by atoms with Crippen LogP contribution >= 0.6 is 0 Å². The number of nitrogen functional groups attached to an aromatic ring is 1. The molecular formula is C16H17N5O3. The largest absolute Gasteiger partial charge is 0.484 e.